The summed E-state index contributed by atoms with van der Waals surface area (Å²) in [4.78, 5) is 9.91. The molecule has 1 aromatic carbocycles. The number of rotatable bonds is 4. The van der Waals surface area contributed by atoms with Crippen molar-refractivity contribution >= 4 is 23.0 Å². The van der Waals surface area contributed by atoms with Crippen LogP contribution in [0.1, 0.15) is 11.7 Å². The van der Waals surface area contributed by atoms with Crippen LogP contribution >= 0.6 is 11.6 Å². The van der Waals surface area contributed by atoms with Gasteiger partial charge in [-0.2, -0.15) is 0 Å². The molecule has 1 rings (SSSR count). The summed E-state index contributed by atoms with van der Waals surface area (Å²) >= 11 is 5.75. The van der Waals surface area contributed by atoms with Gasteiger partial charge in [-0.1, -0.05) is 11.6 Å². The summed E-state index contributed by atoms with van der Waals surface area (Å²) in [5, 5.41) is 38.1. The summed E-state index contributed by atoms with van der Waals surface area (Å²) in [5.74, 6) is 0. The molecule has 0 radical (unpaired) electrons. The summed E-state index contributed by atoms with van der Waals surface area (Å²) in [7, 11) is 0. The van der Waals surface area contributed by atoms with E-state index in [4.69, 9.17) is 22.4 Å². The van der Waals surface area contributed by atoms with E-state index in [1.54, 1.807) is 0 Å². The summed E-state index contributed by atoms with van der Waals surface area (Å²) in [6.45, 7) is -0.699. The number of nitrogen functional groups attached to an aromatic ring is 1. The van der Waals surface area contributed by atoms with Crippen molar-refractivity contribution in [1.29, 1.82) is 0 Å². The second-order valence-electron chi connectivity index (χ2n) is 3.38. The first-order valence-electron chi connectivity index (χ1n) is 4.58. The van der Waals surface area contributed by atoms with E-state index >= 15 is 0 Å². The van der Waals surface area contributed by atoms with Gasteiger partial charge in [0.1, 0.15) is 17.9 Å². The molecule has 0 aromatic heterocycles. The van der Waals surface area contributed by atoms with Crippen LogP contribution in [0.3, 0.4) is 0 Å². The molecule has 0 aliphatic heterocycles. The highest BCUT2D eigenvalue weighted by Crippen LogP contribution is 2.33. The van der Waals surface area contributed by atoms with Gasteiger partial charge in [0.05, 0.1) is 11.5 Å². The fourth-order valence-electron chi connectivity index (χ4n) is 1.29. The van der Waals surface area contributed by atoms with Gasteiger partial charge in [-0.15, -0.1) is 0 Å². The highest BCUT2D eigenvalue weighted by Gasteiger charge is 2.24. The van der Waals surface area contributed by atoms with Crippen LogP contribution in [-0.4, -0.2) is 33.0 Å². The molecule has 5 N–H and O–H groups in total. The lowest BCUT2D eigenvalue weighted by Crippen LogP contribution is -2.22. The Morgan fingerprint density at radius 1 is 1.47 bits per heavy atom. The number of benzene rings is 1. The Kier molecular flexibility index (Phi) is 4.24. The monoisotopic (exact) mass is 262 g/mol. The summed E-state index contributed by atoms with van der Waals surface area (Å²) < 4.78 is 0. The third-order valence-electron chi connectivity index (χ3n) is 2.21. The molecule has 94 valence electrons. The number of nitro benzene ring substituents is 1. The van der Waals surface area contributed by atoms with E-state index in [-0.39, 0.29) is 16.3 Å². The van der Waals surface area contributed by atoms with Crippen molar-refractivity contribution in [3.63, 3.8) is 0 Å². The average molecular weight is 263 g/mol. The van der Waals surface area contributed by atoms with Gasteiger partial charge in [-0.3, -0.25) is 10.1 Å². The molecule has 2 unspecified atom stereocenters. The number of halogens is 1. The van der Waals surface area contributed by atoms with Gasteiger partial charge in [-0.05, 0) is 6.07 Å². The van der Waals surface area contributed by atoms with E-state index in [0.29, 0.717) is 0 Å². The topological polar surface area (TPSA) is 130 Å². The predicted octanol–water partition coefficient (Wildman–Crippen LogP) is 0.217. The molecule has 8 heteroatoms. The largest absolute Gasteiger partial charge is 0.394 e. The Morgan fingerprint density at radius 2 is 2.06 bits per heavy atom. The maximum Gasteiger partial charge on any atom is 0.292 e. The van der Waals surface area contributed by atoms with Crippen LogP contribution in [-0.2, 0) is 0 Å². The van der Waals surface area contributed by atoms with E-state index in [2.05, 4.69) is 0 Å². The molecule has 0 heterocycles. The van der Waals surface area contributed by atoms with Gasteiger partial charge in [0.2, 0.25) is 0 Å². The maximum absolute atomic E-state index is 10.6. The number of hydrogen-bond donors (Lipinski definition) is 4. The van der Waals surface area contributed by atoms with Gasteiger partial charge in [0.15, 0.2) is 0 Å². The summed E-state index contributed by atoms with van der Waals surface area (Å²) in [5.41, 5.74) is 4.75. The van der Waals surface area contributed by atoms with E-state index in [1.807, 2.05) is 0 Å². The Labute approximate surface area is 101 Å². The summed E-state index contributed by atoms with van der Waals surface area (Å²) in [6, 6.07) is 2.09. The van der Waals surface area contributed by atoms with Gasteiger partial charge >= 0.3 is 0 Å². The quantitative estimate of drug-likeness (QED) is 0.349. The van der Waals surface area contributed by atoms with Crippen LogP contribution in [0.25, 0.3) is 0 Å². The van der Waals surface area contributed by atoms with Crippen molar-refractivity contribution < 1.29 is 20.2 Å². The molecule has 2 atom stereocenters. The molecular formula is C9H11ClN2O5. The third-order valence-corrected chi connectivity index (χ3v) is 2.54. The molecule has 0 aliphatic rings. The van der Waals surface area contributed by atoms with Crippen LogP contribution in [0, 0.1) is 10.1 Å². The first kappa shape index (κ1) is 13.7. The average Bonchev–Trinajstić information content (AvgIpc) is 2.26. The highest BCUT2D eigenvalue weighted by atomic mass is 35.5. The standard InChI is InChI=1S/C9H11ClN2O5/c10-5-2-6(11)7(12(16)17)1-4(5)9(15)8(14)3-13/h1-2,8-9,13-15H,3,11H2. The molecule has 0 spiro atoms. The number of anilines is 1. The zero-order valence-corrected chi connectivity index (χ0v) is 9.33. The van der Waals surface area contributed by atoms with Crippen molar-refractivity contribution in [1.82, 2.24) is 0 Å². The molecule has 17 heavy (non-hydrogen) atoms. The lowest BCUT2D eigenvalue weighted by atomic mass is 10.0. The molecule has 0 amide bonds. The van der Waals surface area contributed by atoms with Crippen molar-refractivity contribution in [3.05, 3.63) is 32.8 Å². The van der Waals surface area contributed by atoms with E-state index in [0.717, 1.165) is 12.1 Å². The molecule has 0 saturated heterocycles. The van der Waals surface area contributed by atoms with Crippen molar-refractivity contribution in [2.75, 3.05) is 12.3 Å². The van der Waals surface area contributed by atoms with E-state index < -0.39 is 29.4 Å². The number of hydrogen-bond acceptors (Lipinski definition) is 6. The predicted molar refractivity (Wildman–Crippen MR) is 60.6 cm³/mol. The number of nitro groups is 1. The van der Waals surface area contributed by atoms with Gasteiger partial charge < -0.3 is 21.1 Å². The minimum atomic E-state index is -1.52. The summed E-state index contributed by atoms with van der Waals surface area (Å²) in [6.07, 6.45) is -3.00. The zero-order chi connectivity index (χ0) is 13.2. The highest BCUT2D eigenvalue weighted by molar-refractivity contribution is 6.31. The molecule has 1 aromatic rings. The van der Waals surface area contributed by atoms with Crippen molar-refractivity contribution in [2.24, 2.45) is 0 Å². The Balaban J connectivity index is 3.24. The Hall–Kier alpha value is -1.41. The van der Waals surface area contributed by atoms with Gasteiger partial charge in [0.25, 0.3) is 5.69 Å². The second-order valence-corrected chi connectivity index (χ2v) is 3.79. The van der Waals surface area contributed by atoms with Crippen LogP contribution in [0.15, 0.2) is 12.1 Å². The minimum absolute atomic E-state index is 0.0203. The molecule has 0 saturated carbocycles. The van der Waals surface area contributed by atoms with E-state index in [1.165, 1.54) is 0 Å². The lowest BCUT2D eigenvalue weighted by Gasteiger charge is -2.17. The van der Waals surface area contributed by atoms with Crippen molar-refractivity contribution in [2.45, 2.75) is 12.2 Å². The molecular weight excluding hydrogens is 252 g/mol. The van der Waals surface area contributed by atoms with E-state index in [9.17, 15) is 20.3 Å². The number of nitrogens with two attached hydrogens (primary N) is 1. The normalized spacial score (nSPS) is 14.4. The first-order chi connectivity index (χ1) is 7.88. The third kappa shape index (κ3) is 2.83. The smallest absolute Gasteiger partial charge is 0.292 e. The van der Waals surface area contributed by atoms with Gasteiger partial charge in [-0.25, -0.2) is 0 Å². The van der Waals surface area contributed by atoms with Crippen LogP contribution in [0.4, 0.5) is 11.4 Å². The SMILES string of the molecule is Nc1cc(Cl)c(C(O)C(O)CO)cc1[N+](=O)[O-]. The fraction of sp³-hybridized carbons (Fsp3) is 0.333. The zero-order valence-electron chi connectivity index (χ0n) is 8.58. The fourth-order valence-corrected chi connectivity index (χ4v) is 1.57. The van der Waals surface area contributed by atoms with Gasteiger partial charge in [0, 0.05) is 16.7 Å². The van der Waals surface area contributed by atoms with Crippen LogP contribution in [0.5, 0.6) is 0 Å². The first-order valence-corrected chi connectivity index (χ1v) is 4.96. The molecule has 0 bridgehead atoms. The van der Waals surface area contributed by atoms with Crippen LogP contribution in [0.2, 0.25) is 5.02 Å². The van der Waals surface area contributed by atoms with Crippen LogP contribution < -0.4 is 5.73 Å². The molecule has 0 fully saturated rings. The molecule has 7 nitrogen and oxygen atoms in total. The Bertz CT molecular complexity index is 440. The maximum atomic E-state index is 10.6. The minimum Gasteiger partial charge on any atom is -0.394 e. The molecule has 0 aliphatic carbocycles. The second kappa shape index (κ2) is 5.28. The number of aliphatic hydroxyl groups excluding tert-OH is 3. The number of nitrogens with zero attached hydrogens (tertiary/aromatic N) is 1. The Morgan fingerprint density at radius 3 is 2.53 bits per heavy atom. The lowest BCUT2D eigenvalue weighted by molar-refractivity contribution is -0.384. The number of aliphatic hydroxyl groups is 3. The van der Waals surface area contributed by atoms with Crippen molar-refractivity contribution in [3.8, 4) is 0 Å².